The minimum absolute atomic E-state index is 0.948. The maximum absolute atomic E-state index is 4.08. The molecule has 3 aliphatic rings. The molecule has 2 aliphatic carbocycles. The van der Waals surface area contributed by atoms with Crippen molar-refractivity contribution in [2.24, 2.45) is 4.99 Å². The Labute approximate surface area is 198 Å². The fraction of sp³-hybridized carbons (Fsp3) is 0.233. The standard InChI is InChI=1S/C20H19Br.C10H9N/c1-2-13-4-3-5-18-16(13)10-11-19-17-9-7-15(21)12-14(17)6-8-20(18)19;1-2-4-10-6-8-11-7-5-9(10)3-1/h6-7,9-12H,2-5,8H2,1H3;1-5,7-8H,6H2. The molecule has 1 heterocycles. The minimum atomic E-state index is 0.948. The van der Waals surface area contributed by atoms with Crippen LogP contribution in [0.2, 0.25) is 0 Å². The predicted octanol–water partition coefficient (Wildman–Crippen LogP) is 6.25. The van der Waals surface area contributed by atoms with Crippen LogP contribution in [-0.4, -0.2) is 6.21 Å². The first-order chi connectivity index (χ1) is 15.7. The van der Waals surface area contributed by atoms with Crippen LogP contribution in [0.15, 0.2) is 70.3 Å². The summed E-state index contributed by atoms with van der Waals surface area (Å²) in [5, 5.41) is 5.77. The Kier molecular flexibility index (Phi) is 6.23. The van der Waals surface area contributed by atoms with Gasteiger partial charge in [0.25, 0.3) is 0 Å². The fourth-order valence-corrected chi connectivity index (χ4v) is 5.53. The van der Waals surface area contributed by atoms with Crippen molar-refractivity contribution in [3.8, 4) is 0 Å². The van der Waals surface area contributed by atoms with Gasteiger partial charge in [0, 0.05) is 23.3 Å². The molecule has 2 heteroatoms. The highest BCUT2D eigenvalue weighted by Crippen LogP contribution is 2.22. The van der Waals surface area contributed by atoms with Gasteiger partial charge in [0.1, 0.15) is 0 Å². The predicted molar refractivity (Wildman–Crippen MR) is 140 cm³/mol. The third-order valence-corrected chi connectivity index (χ3v) is 7.28. The van der Waals surface area contributed by atoms with Crippen LogP contribution >= 0.6 is 15.9 Å². The number of hydrogen-bond donors (Lipinski definition) is 0. The summed E-state index contributed by atoms with van der Waals surface area (Å²) in [5.74, 6) is 0. The van der Waals surface area contributed by atoms with Gasteiger partial charge in [-0.15, -0.1) is 0 Å². The van der Waals surface area contributed by atoms with Crippen molar-refractivity contribution in [2.75, 3.05) is 0 Å². The first-order valence-corrected chi connectivity index (χ1v) is 12.4. The molecule has 0 spiro atoms. The van der Waals surface area contributed by atoms with Crippen molar-refractivity contribution in [1.82, 2.24) is 0 Å². The summed E-state index contributed by atoms with van der Waals surface area (Å²) in [6, 6.07) is 19.7. The second-order valence-electron chi connectivity index (χ2n) is 8.62. The van der Waals surface area contributed by atoms with Gasteiger partial charge in [-0.25, -0.2) is 0 Å². The molecule has 0 fully saturated rings. The summed E-state index contributed by atoms with van der Waals surface area (Å²) in [7, 11) is 0. The van der Waals surface area contributed by atoms with Gasteiger partial charge in [0.05, 0.1) is 0 Å². The number of aliphatic imine (C=N–C) groups is 1. The third-order valence-electron chi connectivity index (χ3n) is 6.79. The van der Waals surface area contributed by atoms with Crippen LogP contribution in [0, 0.1) is 10.4 Å². The van der Waals surface area contributed by atoms with E-state index in [1.165, 1.54) is 56.9 Å². The molecule has 1 aliphatic heterocycles. The van der Waals surface area contributed by atoms with Gasteiger partial charge in [0.15, 0.2) is 0 Å². The summed E-state index contributed by atoms with van der Waals surface area (Å²) in [6.07, 6.45) is 15.3. The average Bonchev–Trinajstić information content (AvgIpc) is 3.09. The number of fused-ring (bicyclic) bond motifs is 5. The second kappa shape index (κ2) is 9.42. The number of halogens is 1. The lowest BCUT2D eigenvalue weighted by Crippen LogP contribution is -2.22. The Hall–Kier alpha value is -2.71. The van der Waals surface area contributed by atoms with Gasteiger partial charge in [-0.05, 0) is 93.4 Å². The summed E-state index contributed by atoms with van der Waals surface area (Å²) >= 11 is 3.58. The van der Waals surface area contributed by atoms with E-state index in [0.717, 1.165) is 12.8 Å². The molecular weight excluding hydrogens is 454 g/mol. The van der Waals surface area contributed by atoms with Crippen LogP contribution in [0.3, 0.4) is 0 Å². The Morgan fingerprint density at radius 3 is 2.62 bits per heavy atom. The van der Waals surface area contributed by atoms with Gasteiger partial charge >= 0.3 is 0 Å². The van der Waals surface area contributed by atoms with Gasteiger partial charge in [-0.3, -0.25) is 4.99 Å². The summed E-state index contributed by atoms with van der Waals surface area (Å²) < 4.78 is 1.17. The van der Waals surface area contributed by atoms with E-state index in [-0.39, 0.29) is 0 Å². The van der Waals surface area contributed by atoms with Crippen molar-refractivity contribution >= 4 is 39.9 Å². The van der Waals surface area contributed by atoms with E-state index >= 15 is 0 Å². The van der Waals surface area contributed by atoms with E-state index in [1.807, 2.05) is 18.5 Å². The molecule has 6 rings (SSSR count). The van der Waals surface area contributed by atoms with Crippen LogP contribution in [-0.2, 0) is 19.3 Å². The normalized spacial score (nSPS) is 15.2. The largest absolute Gasteiger partial charge is 0.269 e. The zero-order chi connectivity index (χ0) is 21.9. The van der Waals surface area contributed by atoms with Crippen molar-refractivity contribution < 1.29 is 0 Å². The first kappa shape index (κ1) is 21.2. The Morgan fingerprint density at radius 2 is 1.72 bits per heavy atom. The van der Waals surface area contributed by atoms with Crippen molar-refractivity contribution in [3.05, 3.63) is 108 Å². The topological polar surface area (TPSA) is 12.4 Å². The Bertz CT molecular complexity index is 1440. The Morgan fingerprint density at radius 1 is 0.875 bits per heavy atom. The second-order valence-corrected chi connectivity index (χ2v) is 9.53. The highest BCUT2D eigenvalue weighted by molar-refractivity contribution is 9.10. The molecule has 1 nitrogen and oxygen atoms in total. The van der Waals surface area contributed by atoms with Gasteiger partial charge in [0.2, 0.25) is 0 Å². The molecule has 0 amide bonds. The minimum Gasteiger partial charge on any atom is -0.269 e. The highest BCUT2D eigenvalue weighted by Gasteiger charge is 2.14. The zero-order valence-electron chi connectivity index (χ0n) is 18.6. The molecule has 0 aromatic heterocycles. The van der Waals surface area contributed by atoms with Crippen molar-refractivity contribution in [2.45, 2.75) is 45.4 Å². The monoisotopic (exact) mass is 481 g/mol. The number of benzene rings is 3. The average molecular weight is 482 g/mol. The summed E-state index contributed by atoms with van der Waals surface area (Å²) in [6.45, 7) is 2.29. The lowest BCUT2D eigenvalue weighted by molar-refractivity contribution is 0.791. The Balaban J connectivity index is 0.000000165. The van der Waals surface area contributed by atoms with E-state index in [4.69, 9.17) is 0 Å². The van der Waals surface area contributed by atoms with E-state index in [2.05, 4.69) is 88.5 Å². The molecule has 0 atom stereocenters. The lowest BCUT2D eigenvalue weighted by atomic mass is 9.85. The van der Waals surface area contributed by atoms with Crippen LogP contribution in [0.25, 0.3) is 17.7 Å². The maximum Gasteiger partial charge on any atom is 0.0270 e. The molecule has 0 radical (unpaired) electrons. The maximum atomic E-state index is 4.08. The molecule has 0 bridgehead atoms. The van der Waals surface area contributed by atoms with E-state index in [1.54, 1.807) is 21.9 Å². The zero-order valence-corrected chi connectivity index (χ0v) is 20.2. The molecule has 0 saturated carbocycles. The SMILES string of the molecule is C1=Cc2ccccc2CC=N1.CCC1=c2ccc3c(c2CCC1)CC=c1cc(Br)ccc1=3. The summed E-state index contributed by atoms with van der Waals surface area (Å²) in [5.41, 5.74) is 7.49. The van der Waals surface area contributed by atoms with E-state index in [9.17, 15) is 0 Å². The van der Waals surface area contributed by atoms with Gasteiger partial charge < -0.3 is 0 Å². The lowest BCUT2D eigenvalue weighted by Gasteiger charge is -2.20. The molecule has 3 aromatic carbocycles. The highest BCUT2D eigenvalue weighted by atomic mass is 79.9. The van der Waals surface area contributed by atoms with Crippen LogP contribution in [0.5, 0.6) is 0 Å². The number of nitrogens with zero attached hydrogens (tertiary/aromatic N) is 1. The quantitative estimate of drug-likeness (QED) is 0.389. The van der Waals surface area contributed by atoms with E-state index in [0.29, 0.717) is 0 Å². The third kappa shape index (κ3) is 4.17. The van der Waals surface area contributed by atoms with Crippen LogP contribution < -0.4 is 10.4 Å². The molecule has 32 heavy (non-hydrogen) atoms. The van der Waals surface area contributed by atoms with Crippen molar-refractivity contribution in [1.29, 1.82) is 0 Å². The molecule has 0 N–H and O–H groups in total. The van der Waals surface area contributed by atoms with Gasteiger partial charge in [-0.1, -0.05) is 77.0 Å². The number of hydrogen-bond acceptors (Lipinski definition) is 1. The molecule has 0 unspecified atom stereocenters. The molecule has 3 aromatic rings. The van der Waals surface area contributed by atoms with Crippen LogP contribution in [0.4, 0.5) is 0 Å². The van der Waals surface area contributed by atoms with Crippen LogP contribution in [0.1, 0.15) is 48.4 Å². The molecular formula is C30H28BrN. The van der Waals surface area contributed by atoms with Crippen molar-refractivity contribution in [3.63, 3.8) is 0 Å². The molecule has 0 saturated heterocycles. The molecule has 160 valence electrons. The number of rotatable bonds is 1. The summed E-state index contributed by atoms with van der Waals surface area (Å²) in [4.78, 5) is 4.08. The first-order valence-electron chi connectivity index (χ1n) is 11.6. The van der Waals surface area contributed by atoms with E-state index < -0.39 is 0 Å². The smallest absolute Gasteiger partial charge is 0.0270 e. The van der Waals surface area contributed by atoms with Gasteiger partial charge in [-0.2, -0.15) is 0 Å². The fourth-order valence-electron chi connectivity index (χ4n) is 5.15.